The van der Waals surface area contributed by atoms with Crippen LogP contribution in [0.25, 0.3) is 15.3 Å². The molecule has 2 aromatic carbocycles. The summed E-state index contributed by atoms with van der Waals surface area (Å²) >= 11 is 8.90. The van der Waals surface area contributed by atoms with Crippen LogP contribution >= 0.6 is 34.7 Å². The summed E-state index contributed by atoms with van der Waals surface area (Å²) in [5.74, 6) is 0.998. The summed E-state index contributed by atoms with van der Waals surface area (Å²) in [4.78, 5) is 18.1. The first-order valence-corrected chi connectivity index (χ1v) is 11.5. The molecule has 2 heterocycles. The van der Waals surface area contributed by atoms with E-state index in [4.69, 9.17) is 11.6 Å². The molecule has 154 valence electrons. The Morgan fingerprint density at radius 2 is 2.03 bits per heavy atom. The number of thioether (sulfide) groups is 1. The van der Waals surface area contributed by atoms with Gasteiger partial charge in [-0.2, -0.15) is 9.78 Å². The van der Waals surface area contributed by atoms with Crippen LogP contribution in [-0.4, -0.2) is 26.4 Å². The summed E-state index contributed by atoms with van der Waals surface area (Å²) in [5, 5.41) is 8.65. The molecule has 0 unspecified atom stereocenters. The highest BCUT2D eigenvalue weighted by Crippen LogP contribution is 2.28. The molecule has 9 heteroatoms. The van der Waals surface area contributed by atoms with Gasteiger partial charge in [-0.15, -0.1) is 11.8 Å². The molecule has 5 nitrogen and oxygen atoms in total. The van der Waals surface area contributed by atoms with Crippen LogP contribution in [0.1, 0.15) is 18.5 Å². The molecule has 4 rings (SSSR count). The van der Waals surface area contributed by atoms with Gasteiger partial charge in [-0.3, -0.25) is 4.79 Å². The van der Waals surface area contributed by atoms with Crippen molar-refractivity contribution < 1.29 is 9.18 Å². The number of aryl methyl sites for hydroxylation is 1. The minimum Gasteiger partial charge on any atom is -0.311 e. The van der Waals surface area contributed by atoms with E-state index in [1.54, 1.807) is 28.6 Å². The first kappa shape index (κ1) is 20.8. The number of hydrogen-bond acceptors (Lipinski definition) is 5. The van der Waals surface area contributed by atoms with E-state index in [0.717, 1.165) is 27.5 Å². The van der Waals surface area contributed by atoms with Gasteiger partial charge >= 0.3 is 0 Å². The van der Waals surface area contributed by atoms with Gasteiger partial charge < -0.3 is 5.32 Å². The second kappa shape index (κ2) is 9.16. The maximum absolute atomic E-state index is 13.5. The third-order valence-corrected chi connectivity index (χ3v) is 6.59. The lowest BCUT2D eigenvalue weighted by Crippen LogP contribution is -2.14. The summed E-state index contributed by atoms with van der Waals surface area (Å²) in [7, 11) is 0. The lowest BCUT2D eigenvalue weighted by atomic mass is 10.3. The molecular formula is C21H18ClFN4OS2. The number of fused-ring (bicyclic) bond motifs is 1. The summed E-state index contributed by atoms with van der Waals surface area (Å²) in [6.07, 6.45) is 1.14. The molecule has 0 aliphatic carbocycles. The average Bonchev–Trinajstić information content (AvgIpc) is 3.29. The van der Waals surface area contributed by atoms with Crippen LogP contribution in [0.15, 0.2) is 53.4 Å². The Bertz CT molecular complexity index is 1190. The number of benzene rings is 2. The van der Waals surface area contributed by atoms with Gasteiger partial charge in [-0.05, 0) is 61.6 Å². The van der Waals surface area contributed by atoms with Crippen LogP contribution in [-0.2, 0) is 4.79 Å². The molecule has 0 atom stereocenters. The third kappa shape index (κ3) is 5.00. The number of halogens is 2. The predicted octanol–water partition coefficient (Wildman–Crippen LogP) is 6.09. The summed E-state index contributed by atoms with van der Waals surface area (Å²) < 4.78 is 15.8. The molecule has 0 fully saturated rings. The van der Waals surface area contributed by atoms with Gasteiger partial charge in [0.1, 0.15) is 11.6 Å². The van der Waals surface area contributed by atoms with Crippen molar-refractivity contribution in [2.45, 2.75) is 24.7 Å². The molecule has 0 saturated heterocycles. The quantitative estimate of drug-likeness (QED) is 0.267. The van der Waals surface area contributed by atoms with E-state index in [1.807, 2.05) is 31.2 Å². The smallest absolute Gasteiger partial charge is 0.225 e. The van der Waals surface area contributed by atoms with Gasteiger partial charge in [0.25, 0.3) is 0 Å². The lowest BCUT2D eigenvalue weighted by Gasteiger charge is -2.06. The van der Waals surface area contributed by atoms with Crippen molar-refractivity contribution in [3.8, 4) is 5.13 Å². The Kier molecular flexibility index (Phi) is 6.36. The average molecular weight is 461 g/mol. The van der Waals surface area contributed by atoms with Gasteiger partial charge in [0.15, 0.2) is 0 Å². The first-order valence-electron chi connectivity index (χ1n) is 9.29. The van der Waals surface area contributed by atoms with Crippen LogP contribution in [0.3, 0.4) is 0 Å². The van der Waals surface area contributed by atoms with E-state index in [2.05, 4.69) is 15.4 Å². The van der Waals surface area contributed by atoms with E-state index < -0.39 is 0 Å². The summed E-state index contributed by atoms with van der Waals surface area (Å²) in [6, 6.07) is 13.9. The lowest BCUT2D eigenvalue weighted by molar-refractivity contribution is -0.116. The van der Waals surface area contributed by atoms with Crippen LogP contribution in [0.5, 0.6) is 0 Å². The van der Waals surface area contributed by atoms with Crippen molar-refractivity contribution in [1.82, 2.24) is 14.8 Å². The molecule has 2 aromatic heterocycles. The zero-order valence-corrected chi connectivity index (χ0v) is 18.5. The topological polar surface area (TPSA) is 59.8 Å². The molecule has 1 N–H and O–H groups in total. The highest BCUT2D eigenvalue weighted by Gasteiger charge is 2.15. The van der Waals surface area contributed by atoms with Crippen molar-refractivity contribution in [3.63, 3.8) is 0 Å². The first-order chi connectivity index (χ1) is 14.5. The molecule has 0 spiro atoms. The number of nitrogens with one attached hydrogen (secondary N) is 1. The molecule has 0 radical (unpaired) electrons. The maximum atomic E-state index is 13.5. The van der Waals surface area contributed by atoms with Crippen molar-refractivity contribution >= 4 is 56.6 Å². The maximum Gasteiger partial charge on any atom is 0.225 e. The van der Waals surface area contributed by atoms with Crippen molar-refractivity contribution in [2.24, 2.45) is 0 Å². The fraction of sp³-hybridized carbons (Fsp3) is 0.190. The van der Waals surface area contributed by atoms with E-state index in [0.29, 0.717) is 27.9 Å². The molecule has 0 aliphatic rings. The van der Waals surface area contributed by atoms with E-state index >= 15 is 0 Å². The van der Waals surface area contributed by atoms with Crippen LogP contribution in [0.4, 0.5) is 10.2 Å². The normalized spacial score (nSPS) is 11.2. The number of anilines is 1. The number of rotatable bonds is 7. The molecule has 0 bridgehead atoms. The minimum absolute atomic E-state index is 0.0833. The van der Waals surface area contributed by atoms with E-state index in [9.17, 15) is 9.18 Å². The Labute approximate surface area is 186 Å². The highest BCUT2D eigenvalue weighted by atomic mass is 35.5. The zero-order chi connectivity index (χ0) is 21.1. The number of carbonyl (C=O) groups excluding carboxylic acids is 1. The fourth-order valence-corrected chi connectivity index (χ4v) is 4.81. The monoisotopic (exact) mass is 460 g/mol. The van der Waals surface area contributed by atoms with Crippen LogP contribution in [0, 0.1) is 12.7 Å². The van der Waals surface area contributed by atoms with E-state index in [-0.39, 0.29) is 11.7 Å². The van der Waals surface area contributed by atoms with Crippen molar-refractivity contribution in [1.29, 1.82) is 0 Å². The number of nitrogens with zero attached hydrogens (tertiary/aromatic N) is 3. The summed E-state index contributed by atoms with van der Waals surface area (Å²) in [5.41, 5.74) is 1.45. The van der Waals surface area contributed by atoms with Gasteiger partial charge in [-0.1, -0.05) is 22.9 Å². The second-order valence-corrected chi connectivity index (χ2v) is 9.26. The number of thiazole rings is 1. The Hall–Kier alpha value is -2.42. The molecule has 0 aliphatic heterocycles. The minimum atomic E-state index is -0.306. The molecule has 0 saturated carbocycles. The molecular weight excluding hydrogens is 443 g/mol. The van der Waals surface area contributed by atoms with Gasteiger partial charge in [0.05, 0.1) is 15.9 Å². The number of hydrogen-bond donors (Lipinski definition) is 1. The fourth-order valence-electron chi connectivity index (χ4n) is 2.87. The van der Waals surface area contributed by atoms with Crippen LogP contribution < -0.4 is 5.32 Å². The molecule has 1 amide bonds. The Balaban J connectivity index is 1.38. The number of carbonyl (C=O) groups is 1. The summed E-state index contributed by atoms with van der Waals surface area (Å²) in [6.45, 7) is 1.85. The standard InChI is InChI=1S/C21H18ClFN4OS2/c1-13-11-19(25-20(28)3-2-10-29-16-7-4-14(22)5-8-16)27(26-13)21-24-17-9-6-15(23)12-18(17)30-21/h4-9,11-12H,2-3,10H2,1H3,(H,25,28). The third-order valence-electron chi connectivity index (χ3n) is 4.25. The van der Waals surface area contributed by atoms with Gasteiger partial charge in [0, 0.05) is 22.4 Å². The second-order valence-electron chi connectivity index (χ2n) is 6.65. The van der Waals surface area contributed by atoms with Gasteiger partial charge in [-0.25, -0.2) is 9.37 Å². The number of amides is 1. The predicted molar refractivity (Wildman–Crippen MR) is 121 cm³/mol. The van der Waals surface area contributed by atoms with Crippen molar-refractivity contribution in [3.05, 3.63) is 65.1 Å². The number of aromatic nitrogens is 3. The SMILES string of the molecule is Cc1cc(NC(=O)CCCSc2ccc(Cl)cc2)n(-c2nc3ccc(F)cc3s2)n1. The van der Waals surface area contributed by atoms with E-state index in [1.165, 1.54) is 23.5 Å². The highest BCUT2D eigenvalue weighted by molar-refractivity contribution is 7.99. The Morgan fingerprint density at radius 3 is 2.83 bits per heavy atom. The van der Waals surface area contributed by atoms with Gasteiger partial charge in [0.2, 0.25) is 11.0 Å². The van der Waals surface area contributed by atoms with Crippen LogP contribution in [0.2, 0.25) is 5.02 Å². The zero-order valence-electron chi connectivity index (χ0n) is 16.1. The molecule has 4 aromatic rings. The largest absolute Gasteiger partial charge is 0.311 e. The molecule has 30 heavy (non-hydrogen) atoms. The van der Waals surface area contributed by atoms with Crippen molar-refractivity contribution in [2.75, 3.05) is 11.1 Å². The Morgan fingerprint density at radius 1 is 1.23 bits per heavy atom.